The van der Waals surface area contributed by atoms with E-state index in [-0.39, 0.29) is 0 Å². The van der Waals surface area contributed by atoms with Crippen LogP contribution in [0.15, 0.2) is 36.9 Å². The van der Waals surface area contributed by atoms with Crippen molar-refractivity contribution in [3.63, 3.8) is 0 Å². The van der Waals surface area contributed by atoms with Gasteiger partial charge in [0.2, 0.25) is 0 Å². The Morgan fingerprint density at radius 1 is 1.35 bits per heavy atom. The van der Waals surface area contributed by atoms with Gasteiger partial charge in [-0.3, -0.25) is 5.10 Å². The first-order valence-corrected chi connectivity index (χ1v) is 5.42. The van der Waals surface area contributed by atoms with E-state index in [1.807, 2.05) is 47.9 Å². The van der Waals surface area contributed by atoms with Crippen LogP contribution >= 0.6 is 0 Å². The van der Waals surface area contributed by atoms with Gasteiger partial charge in [-0.25, -0.2) is 4.68 Å². The zero-order valence-electron chi connectivity index (χ0n) is 9.75. The summed E-state index contributed by atoms with van der Waals surface area (Å²) in [7, 11) is 2.00. The average Bonchev–Trinajstić information content (AvgIpc) is 2.97. The molecule has 0 aliphatic rings. The van der Waals surface area contributed by atoms with Gasteiger partial charge < -0.3 is 4.57 Å². The molecule has 3 rings (SSSR count). The number of aryl methyl sites for hydroxylation is 2. The third kappa shape index (κ3) is 1.65. The zero-order valence-corrected chi connectivity index (χ0v) is 9.75. The molecule has 86 valence electrons. The quantitative estimate of drug-likeness (QED) is 0.727. The number of nitrogens with zero attached hydrogens (tertiary/aromatic N) is 4. The molecular weight excluding hydrogens is 214 g/mol. The molecule has 0 saturated heterocycles. The molecule has 5 heteroatoms. The second-order valence-electron chi connectivity index (χ2n) is 4.10. The van der Waals surface area contributed by atoms with Crippen molar-refractivity contribution in [1.82, 2.24) is 24.5 Å². The zero-order chi connectivity index (χ0) is 11.8. The van der Waals surface area contributed by atoms with E-state index in [4.69, 9.17) is 0 Å². The largest absolute Gasteiger partial charge is 0.355 e. The molecule has 0 spiro atoms. The van der Waals surface area contributed by atoms with Crippen LogP contribution in [0.1, 0.15) is 5.69 Å². The van der Waals surface area contributed by atoms with Gasteiger partial charge in [0.15, 0.2) is 0 Å². The molecule has 0 atom stereocenters. The van der Waals surface area contributed by atoms with Gasteiger partial charge in [-0.15, -0.1) is 0 Å². The van der Waals surface area contributed by atoms with Crippen molar-refractivity contribution in [1.29, 1.82) is 0 Å². The molecule has 0 unspecified atom stereocenters. The molecule has 0 radical (unpaired) electrons. The van der Waals surface area contributed by atoms with Crippen LogP contribution in [-0.2, 0) is 7.05 Å². The van der Waals surface area contributed by atoms with Crippen LogP contribution < -0.4 is 0 Å². The summed E-state index contributed by atoms with van der Waals surface area (Å²) in [6, 6.07) is 4.09. The Hall–Kier alpha value is -2.30. The number of H-pyrrole nitrogens is 1. The van der Waals surface area contributed by atoms with Gasteiger partial charge in [-0.1, -0.05) is 0 Å². The molecule has 5 nitrogen and oxygen atoms in total. The van der Waals surface area contributed by atoms with Crippen molar-refractivity contribution in [2.45, 2.75) is 6.92 Å². The van der Waals surface area contributed by atoms with Crippen molar-refractivity contribution >= 4 is 0 Å². The second kappa shape index (κ2) is 3.62. The molecule has 0 amide bonds. The summed E-state index contributed by atoms with van der Waals surface area (Å²) in [5.41, 5.74) is 4.11. The smallest absolute Gasteiger partial charge is 0.0961 e. The number of rotatable bonds is 2. The van der Waals surface area contributed by atoms with Gasteiger partial charge in [0.05, 0.1) is 17.6 Å². The van der Waals surface area contributed by atoms with Crippen molar-refractivity contribution in [2.24, 2.45) is 7.05 Å². The predicted molar refractivity (Wildman–Crippen MR) is 64.9 cm³/mol. The van der Waals surface area contributed by atoms with Crippen LogP contribution in [-0.4, -0.2) is 24.5 Å². The van der Waals surface area contributed by atoms with Gasteiger partial charge in [-0.05, 0) is 19.1 Å². The Bertz CT molecular complexity index is 630. The van der Waals surface area contributed by atoms with Crippen LogP contribution in [0.4, 0.5) is 0 Å². The van der Waals surface area contributed by atoms with E-state index in [9.17, 15) is 0 Å². The minimum absolute atomic E-state index is 0.931. The fraction of sp³-hybridized carbons (Fsp3) is 0.167. The summed E-state index contributed by atoms with van der Waals surface area (Å²) in [6.45, 7) is 2.05. The molecule has 17 heavy (non-hydrogen) atoms. The van der Waals surface area contributed by atoms with E-state index in [1.54, 1.807) is 6.20 Å². The van der Waals surface area contributed by atoms with Crippen molar-refractivity contribution in [3.8, 4) is 16.9 Å². The average molecular weight is 227 g/mol. The second-order valence-corrected chi connectivity index (χ2v) is 4.10. The van der Waals surface area contributed by atoms with Gasteiger partial charge in [0.1, 0.15) is 0 Å². The van der Waals surface area contributed by atoms with E-state index in [0.29, 0.717) is 0 Å². The highest BCUT2D eigenvalue weighted by molar-refractivity contribution is 5.57. The molecule has 0 aliphatic carbocycles. The third-order valence-electron chi connectivity index (χ3n) is 2.74. The Kier molecular flexibility index (Phi) is 2.11. The first-order valence-electron chi connectivity index (χ1n) is 5.42. The van der Waals surface area contributed by atoms with E-state index in [2.05, 4.69) is 21.4 Å². The molecule has 0 aromatic carbocycles. The lowest BCUT2D eigenvalue weighted by molar-refractivity contribution is 0.840. The Morgan fingerprint density at radius 2 is 2.24 bits per heavy atom. The van der Waals surface area contributed by atoms with Gasteiger partial charge in [0, 0.05) is 36.9 Å². The van der Waals surface area contributed by atoms with Crippen molar-refractivity contribution in [2.75, 3.05) is 0 Å². The topological polar surface area (TPSA) is 51.4 Å². The first-order chi connectivity index (χ1) is 8.24. The Morgan fingerprint density at radius 3 is 2.88 bits per heavy atom. The molecule has 0 aliphatic heterocycles. The number of aromatic amines is 1. The lowest BCUT2D eigenvalue weighted by atomic mass is 10.2. The summed E-state index contributed by atoms with van der Waals surface area (Å²) < 4.78 is 3.94. The molecule has 3 heterocycles. The van der Waals surface area contributed by atoms with Crippen LogP contribution in [0, 0.1) is 6.92 Å². The molecule has 0 saturated carbocycles. The molecule has 0 fully saturated rings. The van der Waals surface area contributed by atoms with Crippen LogP contribution in [0.2, 0.25) is 0 Å². The number of aromatic nitrogens is 5. The highest BCUT2D eigenvalue weighted by Crippen LogP contribution is 2.19. The molecular formula is C12H13N5. The summed E-state index contributed by atoms with van der Waals surface area (Å²) in [5.74, 6) is 0. The van der Waals surface area contributed by atoms with Gasteiger partial charge in [0.25, 0.3) is 0 Å². The molecule has 3 aromatic heterocycles. The minimum atomic E-state index is 0.931. The van der Waals surface area contributed by atoms with Gasteiger partial charge in [-0.2, -0.15) is 10.2 Å². The van der Waals surface area contributed by atoms with Crippen LogP contribution in [0.25, 0.3) is 16.9 Å². The highest BCUT2D eigenvalue weighted by atomic mass is 15.3. The van der Waals surface area contributed by atoms with E-state index < -0.39 is 0 Å². The highest BCUT2D eigenvalue weighted by Gasteiger charge is 2.09. The number of nitrogens with one attached hydrogen (secondary N) is 1. The van der Waals surface area contributed by atoms with Gasteiger partial charge >= 0.3 is 0 Å². The van der Waals surface area contributed by atoms with E-state index in [0.717, 1.165) is 22.6 Å². The van der Waals surface area contributed by atoms with E-state index >= 15 is 0 Å². The Balaban J connectivity index is 2.07. The first kappa shape index (κ1) is 9.89. The van der Waals surface area contributed by atoms with Crippen LogP contribution in [0.3, 0.4) is 0 Å². The third-order valence-corrected chi connectivity index (χ3v) is 2.74. The molecule has 1 N–H and O–H groups in total. The lowest BCUT2D eigenvalue weighted by Crippen LogP contribution is -1.97. The summed E-state index contributed by atoms with van der Waals surface area (Å²) >= 11 is 0. The maximum Gasteiger partial charge on any atom is 0.0961 e. The lowest BCUT2D eigenvalue weighted by Gasteiger charge is -1.99. The monoisotopic (exact) mass is 227 g/mol. The maximum atomic E-state index is 4.58. The fourth-order valence-corrected chi connectivity index (χ4v) is 1.88. The maximum absolute atomic E-state index is 4.58. The summed E-state index contributed by atoms with van der Waals surface area (Å²) in [6.07, 6.45) is 7.67. The predicted octanol–water partition coefficient (Wildman–Crippen LogP) is 1.91. The SMILES string of the molecule is Cc1cc(-c2cn[nH]c2)nn1-c1ccn(C)c1. The van der Waals surface area contributed by atoms with E-state index in [1.165, 1.54) is 0 Å². The number of hydrogen-bond acceptors (Lipinski definition) is 2. The van der Waals surface area contributed by atoms with Crippen molar-refractivity contribution in [3.05, 3.63) is 42.6 Å². The van der Waals surface area contributed by atoms with Crippen LogP contribution in [0.5, 0.6) is 0 Å². The number of hydrogen-bond donors (Lipinski definition) is 1. The minimum Gasteiger partial charge on any atom is -0.355 e. The molecule has 3 aromatic rings. The summed E-state index contributed by atoms with van der Waals surface area (Å²) in [4.78, 5) is 0. The standard InChI is InChI=1S/C12H13N5/c1-9-5-12(10-6-13-14-7-10)15-17(9)11-3-4-16(2)8-11/h3-8H,1-2H3,(H,13,14). The molecule has 0 bridgehead atoms. The summed E-state index contributed by atoms with van der Waals surface area (Å²) in [5, 5.41) is 11.3. The fourth-order valence-electron chi connectivity index (χ4n) is 1.88. The Labute approximate surface area is 98.7 Å². The normalized spacial score (nSPS) is 10.9. The van der Waals surface area contributed by atoms with Crippen molar-refractivity contribution < 1.29 is 0 Å².